The van der Waals surface area contributed by atoms with Gasteiger partial charge in [-0.05, 0) is 79.0 Å². The Morgan fingerprint density at radius 2 is 1.66 bits per heavy atom. The molecule has 0 nitrogen and oxygen atoms in total. The van der Waals surface area contributed by atoms with Crippen LogP contribution < -0.4 is 0 Å². The first-order valence-electron chi connectivity index (χ1n) is 13.3. The molecule has 0 amide bonds. The normalized spacial score (nSPS) is 14.2. The maximum Gasteiger partial charge on any atom is -0.00257 e. The van der Waals surface area contributed by atoms with Crippen molar-refractivity contribution in [1.82, 2.24) is 0 Å². The van der Waals surface area contributed by atoms with Crippen LogP contribution in [0.1, 0.15) is 62.8 Å². The molecular formula is C38H44. The molecule has 0 unspecified atom stereocenters. The van der Waals surface area contributed by atoms with E-state index in [0.29, 0.717) is 0 Å². The Hall–Kier alpha value is -4.08. The Bertz CT molecular complexity index is 1250. The second-order valence-corrected chi connectivity index (χ2v) is 9.02. The number of aryl methyl sites for hydroxylation is 1. The minimum Gasteiger partial charge on any atom is -0.124 e. The third-order valence-electron chi connectivity index (χ3n) is 5.93. The molecule has 0 saturated heterocycles. The van der Waals surface area contributed by atoms with Crippen LogP contribution in [-0.2, 0) is 6.42 Å². The van der Waals surface area contributed by atoms with Crippen molar-refractivity contribution in [2.75, 3.05) is 0 Å². The largest absolute Gasteiger partial charge is 0.124 e. The van der Waals surface area contributed by atoms with Gasteiger partial charge in [0.1, 0.15) is 0 Å². The Morgan fingerprint density at radius 1 is 0.947 bits per heavy atom. The van der Waals surface area contributed by atoms with Gasteiger partial charge in [-0.25, -0.2) is 0 Å². The lowest BCUT2D eigenvalue weighted by Crippen LogP contribution is -2.00. The summed E-state index contributed by atoms with van der Waals surface area (Å²) in [5.41, 5.74) is 11.6. The highest BCUT2D eigenvalue weighted by Crippen LogP contribution is 2.35. The van der Waals surface area contributed by atoms with Crippen LogP contribution in [-0.4, -0.2) is 0 Å². The molecule has 0 aliphatic heterocycles. The van der Waals surface area contributed by atoms with E-state index in [1.165, 1.54) is 44.5 Å². The predicted molar refractivity (Wildman–Crippen MR) is 172 cm³/mol. The second-order valence-electron chi connectivity index (χ2n) is 9.02. The Morgan fingerprint density at radius 3 is 2.24 bits per heavy atom. The summed E-state index contributed by atoms with van der Waals surface area (Å²) in [4.78, 5) is 0. The van der Waals surface area contributed by atoms with Gasteiger partial charge in [-0.1, -0.05) is 141 Å². The lowest BCUT2D eigenvalue weighted by molar-refractivity contribution is 1.10. The number of allylic oxidation sites excluding steroid dienone is 14. The van der Waals surface area contributed by atoms with Gasteiger partial charge in [-0.15, -0.1) is 12.8 Å². The second kappa shape index (κ2) is 18.2. The number of terminal acetylenes is 1. The molecule has 0 spiro atoms. The van der Waals surface area contributed by atoms with Crippen molar-refractivity contribution in [3.8, 4) is 12.8 Å². The summed E-state index contributed by atoms with van der Waals surface area (Å²) in [6.45, 7) is 18.4. The monoisotopic (exact) mass is 500 g/mol. The molecule has 0 heteroatoms. The van der Waals surface area contributed by atoms with Crippen molar-refractivity contribution in [1.29, 1.82) is 0 Å². The highest BCUT2D eigenvalue weighted by atomic mass is 14.2. The molecule has 0 atom stereocenters. The summed E-state index contributed by atoms with van der Waals surface area (Å²) < 4.78 is 0. The average Bonchev–Trinajstić information content (AvgIpc) is 2.94. The SMILES string of the molecule is C#C.C=C/C=C(/C(C/C(C)=C/C=C\C(=C)C)=C1\C=CC=CC1)c1ccc(Cc2ccccc2)cc1C.CC. The van der Waals surface area contributed by atoms with E-state index in [0.717, 1.165) is 24.8 Å². The summed E-state index contributed by atoms with van der Waals surface area (Å²) in [6, 6.07) is 17.5. The third kappa shape index (κ3) is 10.5. The van der Waals surface area contributed by atoms with Gasteiger partial charge in [-0.3, -0.25) is 0 Å². The number of benzene rings is 2. The number of hydrogen-bond acceptors (Lipinski definition) is 0. The van der Waals surface area contributed by atoms with Gasteiger partial charge in [0.05, 0.1) is 0 Å². The van der Waals surface area contributed by atoms with E-state index in [9.17, 15) is 0 Å². The summed E-state index contributed by atoms with van der Waals surface area (Å²) in [5, 5.41) is 0. The minimum atomic E-state index is 0.888. The quantitative estimate of drug-likeness (QED) is 0.237. The van der Waals surface area contributed by atoms with E-state index in [-0.39, 0.29) is 0 Å². The molecular weight excluding hydrogens is 456 g/mol. The van der Waals surface area contributed by atoms with Gasteiger partial charge >= 0.3 is 0 Å². The van der Waals surface area contributed by atoms with Crippen molar-refractivity contribution >= 4 is 5.57 Å². The molecule has 2 aromatic carbocycles. The van der Waals surface area contributed by atoms with E-state index in [1.807, 2.05) is 26.8 Å². The molecule has 38 heavy (non-hydrogen) atoms. The zero-order valence-electron chi connectivity index (χ0n) is 24.0. The Labute approximate surface area is 232 Å². The Kier molecular flexibility index (Phi) is 15.3. The molecule has 196 valence electrons. The van der Waals surface area contributed by atoms with Gasteiger partial charge in [0.15, 0.2) is 0 Å². The predicted octanol–water partition coefficient (Wildman–Crippen LogP) is 10.7. The highest BCUT2D eigenvalue weighted by Gasteiger charge is 2.15. The van der Waals surface area contributed by atoms with E-state index in [1.54, 1.807) is 0 Å². The molecule has 0 aromatic heterocycles. The van der Waals surface area contributed by atoms with Crippen molar-refractivity contribution in [3.63, 3.8) is 0 Å². The van der Waals surface area contributed by atoms with E-state index >= 15 is 0 Å². The van der Waals surface area contributed by atoms with Gasteiger partial charge < -0.3 is 0 Å². The zero-order valence-corrected chi connectivity index (χ0v) is 24.0. The summed E-state index contributed by atoms with van der Waals surface area (Å²) in [6.07, 6.45) is 29.9. The van der Waals surface area contributed by atoms with Crippen LogP contribution in [0.4, 0.5) is 0 Å². The minimum absolute atomic E-state index is 0.888. The van der Waals surface area contributed by atoms with Crippen LogP contribution in [0.3, 0.4) is 0 Å². The smallest absolute Gasteiger partial charge is 0.00257 e. The molecule has 1 aliphatic carbocycles. The van der Waals surface area contributed by atoms with Crippen LogP contribution in [0.25, 0.3) is 5.57 Å². The van der Waals surface area contributed by atoms with Crippen LogP contribution in [0.2, 0.25) is 0 Å². The van der Waals surface area contributed by atoms with Crippen molar-refractivity contribution in [2.24, 2.45) is 0 Å². The highest BCUT2D eigenvalue weighted by molar-refractivity contribution is 5.83. The standard InChI is InChI=1S/C34H36.C2H6.C2H2/c1-6-14-33(32-22-21-30(24-28(32)5)25-29-17-9-7-10-18-29)34(31-19-11-8-12-20-31)23-27(4)16-13-15-26(2)3;2*1-2/h6-19,21-22,24H,1-2,20,23,25H2,3-5H3;1-2H3;1-2H/b15-13-,27-16+,33-14+,34-31+;;. The lowest BCUT2D eigenvalue weighted by Gasteiger charge is -2.20. The van der Waals surface area contributed by atoms with Gasteiger partial charge in [0, 0.05) is 0 Å². The van der Waals surface area contributed by atoms with Crippen molar-refractivity contribution in [3.05, 3.63) is 161 Å². The topological polar surface area (TPSA) is 0 Å². The number of rotatable bonds is 9. The molecule has 1 aliphatic rings. The first kappa shape index (κ1) is 31.9. The average molecular weight is 501 g/mol. The Balaban J connectivity index is 0.00000172. The van der Waals surface area contributed by atoms with Crippen molar-refractivity contribution < 1.29 is 0 Å². The zero-order chi connectivity index (χ0) is 28.3. The molecule has 0 saturated carbocycles. The summed E-state index contributed by atoms with van der Waals surface area (Å²) >= 11 is 0. The summed E-state index contributed by atoms with van der Waals surface area (Å²) in [5.74, 6) is 0. The van der Waals surface area contributed by atoms with E-state index in [2.05, 4.69) is 137 Å². The van der Waals surface area contributed by atoms with Crippen LogP contribution in [0.15, 0.2) is 139 Å². The fraction of sp³-hybridized carbons (Fsp3) is 0.211. The van der Waals surface area contributed by atoms with Crippen LogP contribution in [0, 0.1) is 19.8 Å². The fourth-order valence-electron chi connectivity index (χ4n) is 4.27. The molecule has 2 aromatic rings. The molecule has 0 radical (unpaired) electrons. The van der Waals surface area contributed by atoms with Crippen LogP contribution in [0.5, 0.6) is 0 Å². The maximum atomic E-state index is 4.04. The first-order chi connectivity index (χ1) is 18.5. The maximum absolute atomic E-state index is 4.04. The third-order valence-corrected chi connectivity index (χ3v) is 5.93. The van der Waals surface area contributed by atoms with E-state index < -0.39 is 0 Å². The van der Waals surface area contributed by atoms with Gasteiger partial charge in [-0.2, -0.15) is 0 Å². The summed E-state index contributed by atoms with van der Waals surface area (Å²) in [7, 11) is 0. The van der Waals surface area contributed by atoms with Crippen molar-refractivity contribution in [2.45, 2.75) is 53.9 Å². The van der Waals surface area contributed by atoms with Gasteiger partial charge in [0.25, 0.3) is 0 Å². The van der Waals surface area contributed by atoms with Gasteiger partial charge in [0.2, 0.25) is 0 Å². The molecule has 3 rings (SSSR count). The molecule has 0 N–H and O–H groups in total. The first-order valence-corrected chi connectivity index (χ1v) is 13.3. The molecule has 0 fully saturated rings. The molecule has 0 heterocycles. The molecule has 0 bridgehead atoms. The number of hydrogen-bond donors (Lipinski definition) is 0. The fourth-order valence-corrected chi connectivity index (χ4v) is 4.27. The van der Waals surface area contributed by atoms with Crippen LogP contribution >= 0.6 is 0 Å². The van der Waals surface area contributed by atoms with E-state index in [4.69, 9.17) is 0 Å². The lowest BCUT2D eigenvalue weighted by atomic mass is 9.84.